The van der Waals surface area contributed by atoms with E-state index in [1.54, 1.807) is 10.8 Å². The number of ketones is 1. The number of hydrogen-bond acceptors (Lipinski definition) is 5. The molecule has 0 spiro atoms. The highest BCUT2D eigenvalue weighted by Gasteiger charge is 2.26. The fourth-order valence-electron chi connectivity index (χ4n) is 3.26. The Morgan fingerprint density at radius 1 is 1.28 bits per heavy atom. The maximum atomic E-state index is 12.6. The molecule has 0 fully saturated rings. The number of aryl methyl sites for hydroxylation is 3. The van der Waals surface area contributed by atoms with Gasteiger partial charge in [0, 0.05) is 31.3 Å². The van der Waals surface area contributed by atoms with E-state index in [4.69, 9.17) is 0 Å². The topological polar surface area (TPSA) is 89.4 Å². The summed E-state index contributed by atoms with van der Waals surface area (Å²) in [5.41, 5.74) is 2.74. The number of carbonyl (C=O) groups is 1. The number of allylic oxidation sites excluding steroid dienone is 1. The van der Waals surface area contributed by atoms with E-state index in [2.05, 4.69) is 21.4 Å². The molecule has 0 aromatic carbocycles. The zero-order chi connectivity index (χ0) is 18.0. The summed E-state index contributed by atoms with van der Waals surface area (Å²) in [5, 5.41) is 22.2. The van der Waals surface area contributed by atoms with Gasteiger partial charge in [0.15, 0.2) is 17.5 Å². The molecular weight excluding hydrogens is 316 g/mol. The number of hydrogen-bond donors (Lipinski definition) is 0. The second-order valence-corrected chi connectivity index (χ2v) is 6.44. The second-order valence-electron chi connectivity index (χ2n) is 6.44. The monoisotopic (exact) mass is 338 g/mol. The molecule has 0 unspecified atom stereocenters. The molecule has 0 amide bonds. The zero-order valence-corrected chi connectivity index (χ0v) is 14.9. The molecule has 0 saturated carbocycles. The van der Waals surface area contributed by atoms with E-state index in [0.717, 1.165) is 55.0 Å². The van der Waals surface area contributed by atoms with Crippen molar-refractivity contribution in [2.24, 2.45) is 7.05 Å². The van der Waals surface area contributed by atoms with Gasteiger partial charge in [0.1, 0.15) is 5.82 Å². The summed E-state index contributed by atoms with van der Waals surface area (Å²) in [6, 6.07) is 2.10. The van der Waals surface area contributed by atoms with Gasteiger partial charge in [-0.1, -0.05) is 6.42 Å². The maximum absolute atomic E-state index is 12.6. The van der Waals surface area contributed by atoms with Gasteiger partial charge >= 0.3 is 0 Å². The Balaban J connectivity index is 1.87. The second kappa shape index (κ2) is 7.01. The summed E-state index contributed by atoms with van der Waals surface area (Å²) in [6.45, 7) is 4.62. The maximum Gasteiger partial charge on any atom is 0.180 e. The summed E-state index contributed by atoms with van der Waals surface area (Å²) >= 11 is 0. The molecule has 0 aliphatic carbocycles. The van der Waals surface area contributed by atoms with Gasteiger partial charge in [0.25, 0.3) is 0 Å². The van der Waals surface area contributed by atoms with Crippen LogP contribution in [-0.2, 0) is 24.8 Å². The molecule has 3 rings (SSSR count). The highest BCUT2D eigenvalue weighted by molar-refractivity contribution is 6.00. The predicted molar refractivity (Wildman–Crippen MR) is 92.7 cm³/mol. The normalized spacial score (nSPS) is 15.6. The highest BCUT2D eigenvalue weighted by atomic mass is 16.1. The molecule has 0 radical (unpaired) electrons. The minimum Gasteiger partial charge on any atom is -0.313 e. The number of nitriles is 1. The Morgan fingerprint density at radius 3 is 2.76 bits per heavy atom. The van der Waals surface area contributed by atoms with Crippen molar-refractivity contribution in [2.45, 2.75) is 52.0 Å². The van der Waals surface area contributed by atoms with Crippen molar-refractivity contribution in [3.8, 4) is 6.07 Å². The first kappa shape index (κ1) is 17.1. The van der Waals surface area contributed by atoms with E-state index < -0.39 is 5.92 Å². The fraction of sp³-hybridized carbons (Fsp3) is 0.500. The molecule has 1 aliphatic heterocycles. The molecule has 0 bridgehead atoms. The summed E-state index contributed by atoms with van der Waals surface area (Å²) < 4.78 is 3.73. The van der Waals surface area contributed by atoms with Crippen molar-refractivity contribution in [3.63, 3.8) is 0 Å². The molecule has 130 valence electrons. The SMILES string of the molecule is Cc1nn(C)c(C)c1/C=C/C(=O)[C@@H](C#N)c1nnc2n1CCCCC2. The molecule has 7 nitrogen and oxygen atoms in total. The van der Waals surface area contributed by atoms with Crippen LogP contribution in [0.4, 0.5) is 0 Å². The predicted octanol–water partition coefficient (Wildman–Crippen LogP) is 2.24. The van der Waals surface area contributed by atoms with Crippen LogP contribution in [0.3, 0.4) is 0 Å². The summed E-state index contributed by atoms with van der Waals surface area (Å²) in [4.78, 5) is 12.6. The van der Waals surface area contributed by atoms with Gasteiger partial charge in [-0.3, -0.25) is 9.48 Å². The number of nitrogens with zero attached hydrogens (tertiary/aromatic N) is 6. The van der Waals surface area contributed by atoms with Crippen LogP contribution in [0.25, 0.3) is 6.08 Å². The molecule has 2 aromatic rings. The average molecular weight is 338 g/mol. The van der Waals surface area contributed by atoms with E-state index >= 15 is 0 Å². The van der Waals surface area contributed by atoms with Crippen molar-refractivity contribution in [1.82, 2.24) is 24.5 Å². The van der Waals surface area contributed by atoms with E-state index in [0.29, 0.717) is 5.82 Å². The van der Waals surface area contributed by atoms with Crippen molar-refractivity contribution < 1.29 is 4.79 Å². The van der Waals surface area contributed by atoms with Gasteiger partial charge in [0.05, 0.1) is 11.8 Å². The molecule has 2 aromatic heterocycles. The summed E-state index contributed by atoms with van der Waals surface area (Å²) in [5.74, 6) is 0.148. The Kier molecular flexibility index (Phi) is 4.79. The van der Waals surface area contributed by atoms with Crippen molar-refractivity contribution in [3.05, 3.63) is 34.7 Å². The first-order chi connectivity index (χ1) is 12.0. The lowest BCUT2D eigenvalue weighted by Gasteiger charge is -2.09. The largest absolute Gasteiger partial charge is 0.313 e. The van der Waals surface area contributed by atoms with Crippen LogP contribution in [0.1, 0.15) is 53.8 Å². The third-order valence-corrected chi connectivity index (χ3v) is 4.79. The molecule has 1 atom stereocenters. The summed E-state index contributed by atoms with van der Waals surface area (Å²) in [7, 11) is 1.87. The smallest absolute Gasteiger partial charge is 0.180 e. The zero-order valence-electron chi connectivity index (χ0n) is 14.9. The van der Waals surface area contributed by atoms with Crippen molar-refractivity contribution in [1.29, 1.82) is 5.26 Å². The summed E-state index contributed by atoms with van der Waals surface area (Å²) in [6.07, 6.45) is 7.28. The Morgan fingerprint density at radius 2 is 2.08 bits per heavy atom. The van der Waals surface area contributed by atoms with Gasteiger partial charge < -0.3 is 4.57 Å². The van der Waals surface area contributed by atoms with Gasteiger partial charge in [0.2, 0.25) is 0 Å². The highest BCUT2D eigenvalue weighted by Crippen LogP contribution is 2.22. The van der Waals surface area contributed by atoms with Crippen molar-refractivity contribution >= 4 is 11.9 Å². The van der Waals surface area contributed by atoms with Gasteiger partial charge in [-0.2, -0.15) is 10.4 Å². The molecule has 0 saturated heterocycles. The number of rotatable bonds is 4. The Labute approximate surface area is 147 Å². The standard InChI is InChI=1S/C18H22N6O/c1-12-14(13(2)23(3)22-12)8-9-16(25)15(11-19)18-21-20-17-7-5-4-6-10-24(17)18/h8-9,15H,4-7,10H2,1-3H3/b9-8+/t15-/m1/s1. The lowest BCUT2D eigenvalue weighted by atomic mass is 10.0. The molecule has 25 heavy (non-hydrogen) atoms. The van der Waals surface area contributed by atoms with Crippen molar-refractivity contribution in [2.75, 3.05) is 0 Å². The van der Waals surface area contributed by atoms with Crippen LogP contribution in [0, 0.1) is 25.2 Å². The number of carbonyl (C=O) groups excluding carboxylic acids is 1. The quantitative estimate of drug-likeness (QED) is 0.798. The van der Waals surface area contributed by atoms with Gasteiger partial charge in [-0.15, -0.1) is 10.2 Å². The minimum atomic E-state index is -0.923. The van der Waals surface area contributed by atoms with Crippen LogP contribution < -0.4 is 0 Å². The van der Waals surface area contributed by atoms with Crippen LogP contribution in [-0.4, -0.2) is 30.3 Å². The lowest BCUT2D eigenvalue weighted by Crippen LogP contribution is -2.15. The Hall–Kier alpha value is -2.75. The number of fused-ring (bicyclic) bond motifs is 1. The first-order valence-corrected chi connectivity index (χ1v) is 8.56. The minimum absolute atomic E-state index is 0.274. The van der Waals surface area contributed by atoms with E-state index in [1.807, 2.05) is 25.5 Å². The first-order valence-electron chi connectivity index (χ1n) is 8.56. The molecule has 1 aliphatic rings. The molecule has 7 heteroatoms. The van der Waals surface area contributed by atoms with E-state index in [1.165, 1.54) is 6.08 Å². The lowest BCUT2D eigenvalue weighted by molar-refractivity contribution is -0.115. The van der Waals surface area contributed by atoms with E-state index in [-0.39, 0.29) is 5.78 Å². The Bertz CT molecular complexity index is 867. The fourth-order valence-corrected chi connectivity index (χ4v) is 3.26. The third kappa shape index (κ3) is 3.25. The molecule has 3 heterocycles. The third-order valence-electron chi connectivity index (χ3n) is 4.79. The van der Waals surface area contributed by atoms with Crippen LogP contribution in [0.15, 0.2) is 6.08 Å². The van der Waals surface area contributed by atoms with Gasteiger partial charge in [-0.05, 0) is 38.8 Å². The number of aromatic nitrogens is 5. The van der Waals surface area contributed by atoms with E-state index in [9.17, 15) is 10.1 Å². The van der Waals surface area contributed by atoms with Crippen LogP contribution >= 0.6 is 0 Å². The molecule has 0 N–H and O–H groups in total. The average Bonchev–Trinajstić information content (AvgIpc) is 2.97. The van der Waals surface area contributed by atoms with Gasteiger partial charge in [-0.25, -0.2) is 0 Å². The molecular formula is C18H22N6O. The van der Waals surface area contributed by atoms with Crippen LogP contribution in [0.5, 0.6) is 0 Å². The van der Waals surface area contributed by atoms with Crippen LogP contribution in [0.2, 0.25) is 0 Å².